The summed E-state index contributed by atoms with van der Waals surface area (Å²) < 4.78 is 5.83. The molecule has 0 aromatic rings. The molecule has 168 valence electrons. The number of aliphatic carboxylic acids is 1. The van der Waals surface area contributed by atoms with Crippen LogP contribution in [0.3, 0.4) is 0 Å². The molecule has 0 spiro atoms. The lowest BCUT2D eigenvalue weighted by Gasteiger charge is -2.43. The van der Waals surface area contributed by atoms with Gasteiger partial charge in [0.05, 0.1) is 24.2 Å². The van der Waals surface area contributed by atoms with Crippen LogP contribution in [0.1, 0.15) is 52.9 Å². The number of carboxylic acid groups (broad SMARTS) is 1. The first-order valence-corrected chi connectivity index (χ1v) is 10.7. The molecule has 7 nitrogen and oxygen atoms in total. The van der Waals surface area contributed by atoms with Crippen molar-refractivity contribution in [2.24, 2.45) is 23.7 Å². The van der Waals surface area contributed by atoms with E-state index >= 15 is 0 Å². The van der Waals surface area contributed by atoms with E-state index < -0.39 is 24.3 Å². The molecule has 0 aromatic carbocycles. The lowest BCUT2D eigenvalue weighted by molar-refractivity contribution is -0.159. The van der Waals surface area contributed by atoms with E-state index in [1.54, 1.807) is 0 Å². The molecule has 0 amide bonds. The van der Waals surface area contributed by atoms with Gasteiger partial charge in [0.15, 0.2) is 0 Å². The maximum atomic E-state index is 12.4. The number of aliphatic hydroxyl groups excluding tert-OH is 3. The molecule has 2 aliphatic carbocycles. The molecular weight excluding hydrogens is 388 g/mol. The molecule has 2 aliphatic rings. The van der Waals surface area contributed by atoms with Crippen LogP contribution in [0, 0.1) is 23.7 Å². The molecule has 0 aliphatic heterocycles. The van der Waals surface area contributed by atoms with Crippen LogP contribution < -0.4 is 0 Å². The van der Waals surface area contributed by atoms with Crippen molar-refractivity contribution in [3.05, 3.63) is 35.6 Å². The third-order valence-corrected chi connectivity index (χ3v) is 6.22. The van der Waals surface area contributed by atoms with Crippen LogP contribution in [-0.2, 0) is 14.3 Å². The molecule has 0 bridgehead atoms. The van der Waals surface area contributed by atoms with Crippen LogP contribution in [0.25, 0.3) is 0 Å². The highest BCUT2D eigenvalue weighted by atomic mass is 16.5. The Kier molecular flexibility index (Phi) is 8.67. The summed E-state index contributed by atoms with van der Waals surface area (Å²) in [6.45, 7) is 5.83. The largest absolute Gasteiger partial charge is 0.512 e. The first-order chi connectivity index (χ1) is 14.1. The van der Waals surface area contributed by atoms with Gasteiger partial charge in [0.2, 0.25) is 0 Å². The van der Waals surface area contributed by atoms with Gasteiger partial charge in [0.25, 0.3) is 0 Å². The molecule has 2 rings (SSSR count). The average molecular weight is 423 g/mol. The fourth-order valence-corrected chi connectivity index (χ4v) is 4.35. The highest BCUT2D eigenvalue weighted by molar-refractivity contribution is 5.80. The van der Waals surface area contributed by atoms with Crippen molar-refractivity contribution in [3.8, 4) is 0 Å². The molecular formula is C23H34O7. The number of fused-ring (bicyclic) bond motifs is 1. The number of hydrogen-bond acceptors (Lipinski definition) is 6. The Morgan fingerprint density at radius 3 is 2.67 bits per heavy atom. The molecule has 0 saturated heterocycles. The number of carbonyl (C=O) groups excluding carboxylic acids is 1. The Balaban J connectivity index is 2.13. The Hall–Kier alpha value is -2.12. The molecule has 30 heavy (non-hydrogen) atoms. The minimum absolute atomic E-state index is 0.0724. The van der Waals surface area contributed by atoms with Crippen LogP contribution in [0.2, 0.25) is 0 Å². The summed E-state index contributed by atoms with van der Waals surface area (Å²) in [7, 11) is 0. The molecule has 0 saturated carbocycles. The number of hydrogen-bond donors (Lipinski definition) is 4. The van der Waals surface area contributed by atoms with E-state index in [1.165, 1.54) is 0 Å². The summed E-state index contributed by atoms with van der Waals surface area (Å²) >= 11 is 0. The maximum absolute atomic E-state index is 12.4. The highest BCUT2D eigenvalue weighted by Crippen LogP contribution is 2.44. The number of carbonyl (C=O) groups is 2. The third-order valence-electron chi connectivity index (χ3n) is 6.22. The van der Waals surface area contributed by atoms with Crippen LogP contribution in [0.15, 0.2) is 35.6 Å². The first-order valence-electron chi connectivity index (χ1n) is 10.7. The van der Waals surface area contributed by atoms with Gasteiger partial charge >= 0.3 is 11.9 Å². The summed E-state index contributed by atoms with van der Waals surface area (Å²) in [5.74, 6) is -1.90. The standard InChI is InChI=1S/C23H34O7/c1-4-13(2)23(29)30-20-11-17(25)9-15-6-5-14(3)19(22(15)20)8-7-16(24)10-18(26)12-21(27)28/h5-6,9,12-14,16-17,19-20,22,24-26H,4,7-8,10-11H2,1-3H3,(H,27,28)/b18-12-/t13-,14-,16+,17+,19?,20-,22-/m0/s1. The van der Waals surface area contributed by atoms with E-state index in [0.717, 1.165) is 5.57 Å². The molecule has 0 fully saturated rings. The second-order valence-electron chi connectivity index (χ2n) is 8.57. The van der Waals surface area contributed by atoms with Crippen LogP contribution in [0.5, 0.6) is 0 Å². The van der Waals surface area contributed by atoms with E-state index in [9.17, 15) is 24.9 Å². The zero-order valence-electron chi connectivity index (χ0n) is 17.9. The molecule has 0 heterocycles. The smallest absolute Gasteiger partial charge is 0.331 e. The Bertz CT molecular complexity index is 708. The fraction of sp³-hybridized carbons (Fsp3) is 0.652. The molecule has 0 aromatic heterocycles. The van der Waals surface area contributed by atoms with E-state index in [2.05, 4.69) is 13.0 Å². The quantitative estimate of drug-likeness (QED) is 0.256. The van der Waals surface area contributed by atoms with Gasteiger partial charge in [-0.15, -0.1) is 0 Å². The first kappa shape index (κ1) is 24.2. The van der Waals surface area contributed by atoms with Crippen molar-refractivity contribution < 1.29 is 34.8 Å². The Labute approximate surface area is 177 Å². The number of allylic oxidation sites excluding steroid dienone is 2. The SMILES string of the molecule is CC[C@H](C)C(=O)O[C@H]1C[C@H](O)C=C2C=C[C@H](C)C(CC[C@@H](O)C/C(O)=C/C(=O)O)[C@H]21. The number of esters is 1. The van der Waals surface area contributed by atoms with Crippen molar-refractivity contribution in [2.75, 3.05) is 0 Å². The number of ether oxygens (including phenoxy) is 1. The predicted molar refractivity (Wildman–Crippen MR) is 112 cm³/mol. The van der Waals surface area contributed by atoms with Crippen molar-refractivity contribution in [1.82, 2.24) is 0 Å². The summed E-state index contributed by atoms with van der Waals surface area (Å²) in [6.07, 6.45) is 6.45. The van der Waals surface area contributed by atoms with Crippen LogP contribution >= 0.6 is 0 Å². The Morgan fingerprint density at radius 1 is 1.33 bits per heavy atom. The highest BCUT2D eigenvalue weighted by Gasteiger charge is 2.42. The van der Waals surface area contributed by atoms with E-state index in [4.69, 9.17) is 9.84 Å². The van der Waals surface area contributed by atoms with Gasteiger partial charge in [0.1, 0.15) is 11.9 Å². The fourth-order valence-electron chi connectivity index (χ4n) is 4.35. The van der Waals surface area contributed by atoms with Crippen molar-refractivity contribution in [1.29, 1.82) is 0 Å². The zero-order valence-corrected chi connectivity index (χ0v) is 17.9. The minimum Gasteiger partial charge on any atom is -0.512 e. The second-order valence-corrected chi connectivity index (χ2v) is 8.57. The normalized spacial score (nSPS) is 30.8. The number of rotatable bonds is 9. The summed E-state index contributed by atoms with van der Waals surface area (Å²) in [4.78, 5) is 23.0. The van der Waals surface area contributed by atoms with Gasteiger partial charge in [0, 0.05) is 18.8 Å². The lowest BCUT2D eigenvalue weighted by atomic mass is 9.66. The number of carboxylic acids is 1. The van der Waals surface area contributed by atoms with Crippen LogP contribution in [-0.4, -0.2) is 50.7 Å². The van der Waals surface area contributed by atoms with E-state index in [1.807, 2.05) is 26.0 Å². The van der Waals surface area contributed by atoms with Gasteiger partial charge in [-0.2, -0.15) is 0 Å². The van der Waals surface area contributed by atoms with Gasteiger partial charge in [-0.1, -0.05) is 39.0 Å². The monoisotopic (exact) mass is 422 g/mol. The number of aliphatic hydroxyl groups is 3. The summed E-state index contributed by atoms with van der Waals surface area (Å²) in [5.41, 5.74) is 0.946. The molecule has 7 atom stereocenters. The average Bonchev–Trinajstić information content (AvgIpc) is 2.65. The summed E-state index contributed by atoms with van der Waals surface area (Å²) in [6, 6.07) is 0. The predicted octanol–water partition coefficient (Wildman–Crippen LogP) is 3.13. The third kappa shape index (κ3) is 6.44. The molecule has 0 radical (unpaired) electrons. The Morgan fingerprint density at radius 2 is 2.03 bits per heavy atom. The molecule has 7 heteroatoms. The summed E-state index contributed by atoms with van der Waals surface area (Å²) in [5, 5.41) is 38.8. The van der Waals surface area contributed by atoms with Gasteiger partial charge < -0.3 is 25.2 Å². The van der Waals surface area contributed by atoms with Crippen LogP contribution in [0.4, 0.5) is 0 Å². The molecule has 1 unspecified atom stereocenters. The van der Waals surface area contributed by atoms with Crippen molar-refractivity contribution in [3.63, 3.8) is 0 Å². The molecule has 4 N–H and O–H groups in total. The zero-order chi connectivity index (χ0) is 22.4. The van der Waals surface area contributed by atoms with E-state index in [-0.39, 0.29) is 41.8 Å². The van der Waals surface area contributed by atoms with Gasteiger partial charge in [-0.05, 0) is 36.7 Å². The van der Waals surface area contributed by atoms with Crippen molar-refractivity contribution in [2.45, 2.75) is 71.2 Å². The van der Waals surface area contributed by atoms with Crippen molar-refractivity contribution >= 4 is 11.9 Å². The topological polar surface area (TPSA) is 124 Å². The van der Waals surface area contributed by atoms with E-state index in [0.29, 0.717) is 31.8 Å². The second kappa shape index (κ2) is 10.8. The maximum Gasteiger partial charge on any atom is 0.331 e. The van der Waals surface area contributed by atoms with Gasteiger partial charge in [-0.25, -0.2) is 4.79 Å². The van der Waals surface area contributed by atoms with Gasteiger partial charge in [-0.3, -0.25) is 4.79 Å². The minimum atomic E-state index is -1.26. The lowest BCUT2D eigenvalue weighted by Crippen LogP contribution is -2.43.